The van der Waals surface area contributed by atoms with Gasteiger partial charge in [0.1, 0.15) is 12.4 Å². The molecule has 0 fully saturated rings. The van der Waals surface area contributed by atoms with Crippen LogP contribution in [0.4, 0.5) is 5.69 Å². The van der Waals surface area contributed by atoms with Crippen LogP contribution in [0.2, 0.25) is 0 Å². The van der Waals surface area contributed by atoms with Crippen molar-refractivity contribution in [2.75, 3.05) is 0 Å². The Morgan fingerprint density at radius 1 is 1.36 bits per heavy atom. The van der Waals surface area contributed by atoms with Crippen LogP contribution >= 0.6 is 11.8 Å². The van der Waals surface area contributed by atoms with E-state index in [1.165, 1.54) is 28.8 Å². The predicted octanol–water partition coefficient (Wildman–Crippen LogP) is 3.29. The number of thioether (sulfide) groups is 1. The Morgan fingerprint density at radius 2 is 2.16 bits per heavy atom. The molecule has 0 unspecified atom stereocenters. The van der Waals surface area contributed by atoms with E-state index < -0.39 is 4.92 Å². The molecule has 0 spiro atoms. The van der Waals surface area contributed by atoms with Gasteiger partial charge in [-0.3, -0.25) is 19.4 Å². The SMILES string of the molecule is C=CCn1c(SCn2cc([N+](=O)[O-])cn2)nnc1-c1ccccc1C. The van der Waals surface area contributed by atoms with Crippen molar-refractivity contribution < 1.29 is 4.92 Å². The lowest BCUT2D eigenvalue weighted by molar-refractivity contribution is -0.385. The number of hydrogen-bond acceptors (Lipinski definition) is 6. The molecule has 1 aromatic carbocycles. The van der Waals surface area contributed by atoms with Gasteiger partial charge in [-0.25, -0.2) is 0 Å². The Labute approximate surface area is 148 Å². The topological polar surface area (TPSA) is 91.7 Å². The smallest absolute Gasteiger partial charge is 0.298 e. The van der Waals surface area contributed by atoms with Crippen LogP contribution in [-0.4, -0.2) is 29.5 Å². The van der Waals surface area contributed by atoms with Gasteiger partial charge in [0.15, 0.2) is 11.0 Å². The van der Waals surface area contributed by atoms with E-state index in [0.29, 0.717) is 17.6 Å². The third-order valence-corrected chi connectivity index (χ3v) is 4.52. The molecule has 0 radical (unpaired) electrons. The first-order valence-electron chi connectivity index (χ1n) is 7.50. The molecule has 0 aliphatic heterocycles. The largest absolute Gasteiger partial charge is 0.307 e. The number of allylic oxidation sites excluding steroid dienone is 1. The minimum atomic E-state index is -0.468. The molecule has 0 N–H and O–H groups in total. The molecule has 0 saturated carbocycles. The lowest BCUT2D eigenvalue weighted by atomic mass is 10.1. The lowest BCUT2D eigenvalue weighted by Crippen LogP contribution is -2.03. The van der Waals surface area contributed by atoms with Crippen molar-refractivity contribution in [1.82, 2.24) is 24.5 Å². The zero-order valence-electron chi connectivity index (χ0n) is 13.6. The van der Waals surface area contributed by atoms with Crippen molar-refractivity contribution in [3.8, 4) is 11.4 Å². The average molecular weight is 356 g/mol. The second kappa shape index (κ2) is 7.31. The summed E-state index contributed by atoms with van der Waals surface area (Å²) in [6.45, 7) is 6.39. The third-order valence-electron chi connectivity index (χ3n) is 3.57. The van der Waals surface area contributed by atoms with E-state index in [1.807, 2.05) is 35.8 Å². The molecule has 8 nitrogen and oxygen atoms in total. The fourth-order valence-electron chi connectivity index (χ4n) is 2.35. The lowest BCUT2D eigenvalue weighted by Gasteiger charge is -2.09. The number of nitro groups is 1. The van der Waals surface area contributed by atoms with Crippen LogP contribution in [-0.2, 0) is 12.4 Å². The highest BCUT2D eigenvalue weighted by atomic mass is 32.2. The fourth-order valence-corrected chi connectivity index (χ4v) is 3.16. The normalized spacial score (nSPS) is 10.8. The minimum Gasteiger partial charge on any atom is -0.298 e. The van der Waals surface area contributed by atoms with E-state index in [9.17, 15) is 10.1 Å². The summed E-state index contributed by atoms with van der Waals surface area (Å²) in [7, 11) is 0. The Morgan fingerprint density at radius 3 is 2.84 bits per heavy atom. The highest BCUT2D eigenvalue weighted by Crippen LogP contribution is 2.27. The van der Waals surface area contributed by atoms with Crippen LogP contribution in [0.25, 0.3) is 11.4 Å². The number of aromatic nitrogens is 5. The average Bonchev–Trinajstić information content (AvgIpc) is 3.21. The summed E-state index contributed by atoms with van der Waals surface area (Å²) in [6, 6.07) is 7.97. The molecule has 3 aromatic rings. The van der Waals surface area contributed by atoms with Crippen LogP contribution in [0.1, 0.15) is 5.56 Å². The predicted molar refractivity (Wildman–Crippen MR) is 95.1 cm³/mol. The summed E-state index contributed by atoms with van der Waals surface area (Å²) in [5, 5.41) is 24.0. The molecule has 9 heteroatoms. The first-order chi connectivity index (χ1) is 12.1. The van der Waals surface area contributed by atoms with Crippen molar-refractivity contribution in [3.05, 3.63) is 65.0 Å². The molecule has 128 valence electrons. The highest BCUT2D eigenvalue weighted by molar-refractivity contribution is 7.98. The zero-order valence-corrected chi connectivity index (χ0v) is 14.4. The summed E-state index contributed by atoms with van der Waals surface area (Å²) < 4.78 is 3.47. The molecule has 0 saturated heterocycles. The van der Waals surface area contributed by atoms with Gasteiger partial charge < -0.3 is 0 Å². The molecule has 2 aromatic heterocycles. The quantitative estimate of drug-likeness (QED) is 0.279. The summed E-state index contributed by atoms with van der Waals surface area (Å²) in [5.41, 5.74) is 2.09. The highest BCUT2D eigenvalue weighted by Gasteiger charge is 2.16. The number of nitrogens with zero attached hydrogens (tertiary/aromatic N) is 6. The van der Waals surface area contributed by atoms with Crippen molar-refractivity contribution in [3.63, 3.8) is 0 Å². The Kier molecular flexibility index (Phi) is 4.94. The van der Waals surface area contributed by atoms with Crippen LogP contribution in [0.5, 0.6) is 0 Å². The van der Waals surface area contributed by atoms with Crippen LogP contribution in [0.3, 0.4) is 0 Å². The number of benzene rings is 1. The van der Waals surface area contributed by atoms with Gasteiger partial charge in [-0.2, -0.15) is 5.10 Å². The second-order valence-corrected chi connectivity index (χ2v) is 6.20. The van der Waals surface area contributed by atoms with Crippen molar-refractivity contribution >= 4 is 17.4 Å². The first-order valence-corrected chi connectivity index (χ1v) is 8.48. The Hall–Kier alpha value is -2.94. The number of rotatable bonds is 7. The van der Waals surface area contributed by atoms with Gasteiger partial charge in [-0.15, -0.1) is 16.8 Å². The van der Waals surface area contributed by atoms with Gasteiger partial charge in [0, 0.05) is 12.1 Å². The van der Waals surface area contributed by atoms with Crippen molar-refractivity contribution in [2.24, 2.45) is 0 Å². The molecule has 2 heterocycles. The molecular weight excluding hydrogens is 340 g/mol. The maximum atomic E-state index is 10.7. The molecule has 0 bridgehead atoms. The van der Waals surface area contributed by atoms with Gasteiger partial charge in [0.25, 0.3) is 0 Å². The first kappa shape index (κ1) is 16.9. The molecular formula is C16H16N6O2S. The zero-order chi connectivity index (χ0) is 17.8. The van der Waals surface area contributed by atoms with Gasteiger partial charge >= 0.3 is 5.69 Å². The second-order valence-electron chi connectivity index (χ2n) is 5.29. The third kappa shape index (κ3) is 3.61. The Bertz CT molecular complexity index is 917. The van der Waals surface area contributed by atoms with Crippen molar-refractivity contribution in [2.45, 2.75) is 24.5 Å². The van der Waals surface area contributed by atoms with Crippen molar-refractivity contribution in [1.29, 1.82) is 0 Å². The van der Waals surface area contributed by atoms with E-state index >= 15 is 0 Å². The maximum absolute atomic E-state index is 10.7. The summed E-state index contributed by atoms with van der Waals surface area (Å²) in [4.78, 5) is 10.3. The van der Waals surface area contributed by atoms with Crippen LogP contribution in [0.15, 0.2) is 54.5 Å². The van der Waals surface area contributed by atoms with Crippen LogP contribution < -0.4 is 0 Å². The van der Waals surface area contributed by atoms with E-state index in [1.54, 1.807) is 6.08 Å². The van der Waals surface area contributed by atoms with E-state index in [4.69, 9.17) is 0 Å². The van der Waals surface area contributed by atoms with Crippen LogP contribution in [0, 0.1) is 17.0 Å². The molecule has 0 amide bonds. The standard InChI is InChI=1S/C16H16N6O2S/c1-3-8-21-15(14-7-5-4-6-12(14)2)18-19-16(21)25-11-20-10-13(9-17-20)22(23)24/h3-7,9-10H,1,8,11H2,2H3. The van der Waals surface area contributed by atoms with Gasteiger partial charge in [-0.1, -0.05) is 42.1 Å². The van der Waals surface area contributed by atoms with E-state index in [2.05, 4.69) is 21.9 Å². The number of hydrogen-bond donors (Lipinski definition) is 0. The van der Waals surface area contributed by atoms with Gasteiger partial charge in [-0.05, 0) is 12.5 Å². The summed E-state index contributed by atoms with van der Waals surface area (Å²) in [5.74, 6) is 1.17. The molecule has 3 rings (SSSR count). The Balaban J connectivity index is 1.85. The minimum absolute atomic E-state index is 0.0336. The molecule has 0 atom stereocenters. The fraction of sp³-hybridized carbons (Fsp3) is 0.188. The molecule has 25 heavy (non-hydrogen) atoms. The maximum Gasteiger partial charge on any atom is 0.307 e. The summed E-state index contributed by atoms with van der Waals surface area (Å²) in [6.07, 6.45) is 4.41. The van der Waals surface area contributed by atoms with E-state index in [0.717, 1.165) is 17.0 Å². The van der Waals surface area contributed by atoms with Gasteiger partial charge in [0.05, 0.1) is 10.8 Å². The van der Waals surface area contributed by atoms with E-state index in [-0.39, 0.29) is 5.69 Å². The number of aryl methyl sites for hydroxylation is 1. The monoisotopic (exact) mass is 356 g/mol. The molecule has 0 aliphatic rings. The molecule has 0 aliphatic carbocycles. The van der Waals surface area contributed by atoms with Gasteiger partial charge in [0.2, 0.25) is 0 Å². The summed E-state index contributed by atoms with van der Waals surface area (Å²) >= 11 is 1.41.